The quantitative estimate of drug-likeness (QED) is 0.525. The molecule has 0 saturated carbocycles. The number of rotatable bonds is 7. The summed E-state index contributed by atoms with van der Waals surface area (Å²) in [5.41, 5.74) is 2.76. The third kappa shape index (κ3) is 5.15. The van der Waals surface area contributed by atoms with Crippen molar-refractivity contribution in [1.29, 1.82) is 0 Å². The van der Waals surface area contributed by atoms with E-state index < -0.39 is 0 Å². The van der Waals surface area contributed by atoms with Crippen LogP contribution >= 0.6 is 0 Å². The van der Waals surface area contributed by atoms with Gasteiger partial charge in [-0.1, -0.05) is 0 Å². The van der Waals surface area contributed by atoms with Crippen LogP contribution < -0.4 is 20.1 Å². The van der Waals surface area contributed by atoms with Crippen LogP contribution in [0.4, 0.5) is 5.69 Å². The zero-order valence-electron chi connectivity index (χ0n) is 20.5. The number of fused-ring (bicyclic) bond motifs is 1. The van der Waals surface area contributed by atoms with Gasteiger partial charge in [-0.3, -0.25) is 0 Å². The van der Waals surface area contributed by atoms with Crippen molar-refractivity contribution in [1.82, 2.24) is 15.2 Å². The molecule has 0 aliphatic carbocycles. The number of hydrogen-bond donors (Lipinski definition) is 2. The molecule has 0 spiro atoms. The summed E-state index contributed by atoms with van der Waals surface area (Å²) in [7, 11) is 3.89. The average Bonchev–Trinajstić information content (AvgIpc) is 3.30. The number of pyridine rings is 1. The van der Waals surface area contributed by atoms with E-state index in [1.165, 1.54) is 0 Å². The number of aromatic nitrogens is 1. The normalized spacial score (nSPS) is 18.3. The minimum Gasteiger partial charge on any atom is -0.493 e. The fourth-order valence-corrected chi connectivity index (χ4v) is 4.95. The van der Waals surface area contributed by atoms with E-state index in [1.807, 2.05) is 25.1 Å². The number of nitrogens with zero attached hydrogens (tertiary/aromatic N) is 2. The van der Waals surface area contributed by atoms with Crippen LogP contribution in [0.15, 0.2) is 34.7 Å². The van der Waals surface area contributed by atoms with Crippen LogP contribution in [0.1, 0.15) is 31.4 Å². The van der Waals surface area contributed by atoms with Crippen molar-refractivity contribution in [3.8, 4) is 23.0 Å². The van der Waals surface area contributed by atoms with Crippen molar-refractivity contribution < 1.29 is 13.9 Å². The van der Waals surface area contributed by atoms with Crippen molar-refractivity contribution in [3.63, 3.8) is 0 Å². The predicted octanol–water partition coefficient (Wildman–Crippen LogP) is 4.70. The first kappa shape index (κ1) is 23.0. The molecule has 1 aromatic carbocycles. The molecular formula is C27H36N4O3. The van der Waals surface area contributed by atoms with Gasteiger partial charge in [-0.25, -0.2) is 4.98 Å². The lowest BCUT2D eigenvalue weighted by Crippen LogP contribution is -2.36. The van der Waals surface area contributed by atoms with Crippen LogP contribution in [0.3, 0.4) is 0 Å². The van der Waals surface area contributed by atoms with E-state index >= 15 is 0 Å². The molecule has 0 unspecified atom stereocenters. The van der Waals surface area contributed by atoms with Crippen molar-refractivity contribution in [2.24, 2.45) is 5.92 Å². The van der Waals surface area contributed by atoms with Crippen molar-refractivity contribution in [3.05, 3.63) is 36.1 Å². The summed E-state index contributed by atoms with van der Waals surface area (Å²) >= 11 is 0. The van der Waals surface area contributed by atoms with Crippen molar-refractivity contribution in [2.45, 2.75) is 38.6 Å². The molecule has 2 aliphatic heterocycles. The number of hydrogen-bond acceptors (Lipinski definition) is 7. The second-order valence-electron chi connectivity index (χ2n) is 9.71. The summed E-state index contributed by atoms with van der Waals surface area (Å²) in [6, 6.07) is 10.6. The Kier molecular flexibility index (Phi) is 6.92. The molecule has 182 valence electrons. The maximum atomic E-state index is 6.28. The zero-order chi connectivity index (χ0) is 23.5. The summed E-state index contributed by atoms with van der Waals surface area (Å²) in [5.74, 6) is 3.71. The Hall–Kier alpha value is -2.77. The van der Waals surface area contributed by atoms with Gasteiger partial charge < -0.3 is 29.4 Å². The first-order valence-electron chi connectivity index (χ1n) is 12.5. The van der Waals surface area contributed by atoms with Crippen LogP contribution in [0.2, 0.25) is 0 Å². The number of benzene rings is 1. The Morgan fingerprint density at radius 1 is 1.09 bits per heavy atom. The fourth-order valence-electron chi connectivity index (χ4n) is 4.95. The van der Waals surface area contributed by atoms with E-state index in [0.29, 0.717) is 18.6 Å². The van der Waals surface area contributed by atoms with Gasteiger partial charge in [0.25, 0.3) is 0 Å². The lowest BCUT2D eigenvalue weighted by atomic mass is 9.99. The minimum atomic E-state index is 0.426. The first-order chi connectivity index (χ1) is 16.6. The second kappa shape index (κ2) is 10.2. The Bertz CT molecular complexity index is 1110. The number of ether oxygens (including phenoxy) is 2. The molecule has 2 aliphatic rings. The Morgan fingerprint density at radius 2 is 1.88 bits per heavy atom. The topological polar surface area (TPSA) is 71.8 Å². The molecule has 0 radical (unpaired) electrons. The van der Waals surface area contributed by atoms with E-state index in [0.717, 1.165) is 97.2 Å². The maximum absolute atomic E-state index is 6.28. The van der Waals surface area contributed by atoms with E-state index in [1.54, 1.807) is 7.11 Å². The van der Waals surface area contributed by atoms with Crippen molar-refractivity contribution >= 4 is 16.6 Å². The van der Waals surface area contributed by atoms with Crippen LogP contribution in [-0.2, 0) is 0 Å². The number of piperidine rings is 2. The van der Waals surface area contributed by atoms with Gasteiger partial charge in [-0.2, -0.15) is 0 Å². The van der Waals surface area contributed by atoms with Crippen LogP contribution in [-0.4, -0.2) is 62.9 Å². The second-order valence-corrected chi connectivity index (χ2v) is 9.71. The van der Waals surface area contributed by atoms with Gasteiger partial charge in [0.15, 0.2) is 17.3 Å². The maximum Gasteiger partial charge on any atom is 0.163 e. The summed E-state index contributed by atoms with van der Waals surface area (Å²) < 4.78 is 18.0. The largest absolute Gasteiger partial charge is 0.493 e. The number of nitrogens with one attached hydrogen (secondary N) is 2. The van der Waals surface area contributed by atoms with Gasteiger partial charge in [-0.15, -0.1) is 0 Å². The van der Waals surface area contributed by atoms with Gasteiger partial charge in [0.05, 0.1) is 19.2 Å². The van der Waals surface area contributed by atoms with Crippen LogP contribution in [0.5, 0.6) is 11.5 Å². The first-order valence-corrected chi connectivity index (χ1v) is 12.5. The highest BCUT2D eigenvalue weighted by molar-refractivity contribution is 5.95. The number of methoxy groups -OCH3 is 1. The summed E-state index contributed by atoms with van der Waals surface area (Å²) in [4.78, 5) is 7.35. The highest BCUT2D eigenvalue weighted by atomic mass is 16.5. The molecule has 7 heteroatoms. The number of furan rings is 1. The standard InChI is InChI=1S/C27H36N4O3/c1-18-4-5-25(34-18)24-15-22(29-20-8-12-31(2)13-9-20)21-14-26(32-3)27(16-23(21)30-24)33-17-19-6-10-28-11-7-19/h4-5,14-16,19-20,28H,6-13,17H2,1-3H3,(H,29,30). The Labute approximate surface area is 201 Å². The summed E-state index contributed by atoms with van der Waals surface area (Å²) in [5, 5.41) is 8.26. The van der Waals surface area contributed by atoms with Gasteiger partial charge in [0, 0.05) is 23.2 Å². The zero-order valence-corrected chi connectivity index (χ0v) is 20.5. The van der Waals surface area contributed by atoms with E-state index in [2.05, 4.69) is 34.7 Å². The fraction of sp³-hybridized carbons (Fsp3) is 0.519. The predicted molar refractivity (Wildman–Crippen MR) is 136 cm³/mol. The third-order valence-electron chi connectivity index (χ3n) is 7.10. The van der Waals surface area contributed by atoms with Gasteiger partial charge >= 0.3 is 0 Å². The van der Waals surface area contributed by atoms with Crippen molar-refractivity contribution in [2.75, 3.05) is 52.3 Å². The molecular weight excluding hydrogens is 428 g/mol. The highest BCUT2D eigenvalue weighted by Crippen LogP contribution is 2.38. The molecule has 2 fully saturated rings. The van der Waals surface area contributed by atoms with E-state index in [-0.39, 0.29) is 0 Å². The SMILES string of the molecule is COc1cc2c(NC3CCN(C)CC3)cc(-c3ccc(C)o3)nc2cc1OCC1CCNCC1. The summed E-state index contributed by atoms with van der Waals surface area (Å²) in [6.07, 6.45) is 4.51. The minimum absolute atomic E-state index is 0.426. The Balaban J connectivity index is 1.50. The van der Waals surface area contributed by atoms with Gasteiger partial charge in [-0.05, 0) is 96.0 Å². The monoisotopic (exact) mass is 464 g/mol. The lowest BCUT2D eigenvalue weighted by Gasteiger charge is -2.30. The van der Waals surface area contributed by atoms with E-state index in [4.69, 9.17) is 18.9 Å². The molecule has 2 aromatic heterocycles. The smallest absolute Gasteiger partial charge is 0.163 e. The molecule has 0 bridgehead atoms. The molecule has 2 N–H and O–H groups in total. The van der Waals surface area contributed by atoms with Crippen LogP contribution in [0.25, 0.3) is 22.4 Å². The molecule has 4 heterocycles. The number of anilines is 1. The molecule has 7 nitrogen and oxygen atoms in total. The van der Waals surface area contributed by atoms with Crippen LogP contribution in [0, 0.1) is 12.8 Å². The molecule has 2 saturated heterocycles. The molecule has 5 rings (SSSR count). The average molecular weight is 465 g/mol. The van der Waals surface area contributed by atoms with E-state index in [9.17, 15) is 0 Å². The lowest BCUT2D eigenvalue weighted by molar-refractivity contribution is 0.208. The summed E-state index contributed by atoms with van der Waals surface area (Å²) in [6.45, 7) is 6.97. The highest BCUT2D eigenvalue weighted by Gasteiger charge is 2.21. The third-order valence-corrected chi connectivity index (χ3v) is 7.10. The number of likely N-dealkylation sites (tertiary alicyclic amines) is 1. The molecule has 0 atom stereocenters. The van der Waals surface area contributed by atoms with Gasteiger partial charge in [0.1, 0.15) is 11.5 Å². The molecule has 0 amide bonds. The molecule has 34 heavy (non-hydrogen) atoms. The Morgan fingerprint density at radius 3 is 2.59 bits per heavy atom. The number of aryl methyl sites for hydroxylation is 1. The van der Waals surface area contributed by atoms with Gasteiger partial charge in [0.2, 0.25) is 0 Å². The molecule has 3 aromatic rings.